The lowest BCUT2D eigenvalue weighted by Gasteiger charge is -2.06. The number of ether oxygens (including phenoxy) is 1. The number of hydrogen-bond acceptors (Lipinski definition) is 5. The molecule has 21 heavy (non-hydrogen) atoms. The van der Waals surface area contributed by atoms with Crippen molar-refractivity contribution in [2.75, 3.05) is 0 Å². The molecule has 0 radical (unpaired) electrons. The summed E-state index contributed by atoms with van der Waals surface area (Å²) in [7, 11) is 0. The van der Waals surface area contributed by atoms with Gasteiger partial charge in [-0.1, -0.05) is 6.07 Å². The van der Waals surface area contributed by atoms with Gasteiger partial charge in [-0.3, -0.25) is 19.6 Å². The minimum atomic E-state index is -1.02. The van der Waals surface area contributed by atoms with E-state index in [1.807, 2.05) is 18.2 Å². The molecule has 0 saturated heterocycles. The summed E-state index contributed by atoms with van der Waals surface area (Å²) in [5, 5.41) is 8.49. The van der Waals surface area contributed by atoms with Crippen LogP contribution in [0.2, 0.25) is 0 Å². The summed E-state index contributed by atoms with van der Waals surface area (Å²) in [4.78, 5) is 30.1. The number of carboxylic acid groups (broad SMARTS) is 1. The Kier molecular flexibility index (Phi) is 4.98. The molecular formula is C15H14N2O4. The zero-order valence-electron chi connectivity index (χ0n) is 11.2. The van der Waals surface area contributed by atoms with Gasteiger partial charge in [0, 0.05) is 12.4 Å². The van der Waals surface area contributed by atoms with Gasteiger partial charge in [0.1, 0.15) is 6.61 Å². The Morgan fingerprint density at radius 3 is 2.57 bits per heavy atom. The molecule has 1 N–H and O–H groups in total. The van der Waals surface area contributed by atoms with Crippen LogP contribution in [0.15, 0.2) is 42.7 Å². The molecule has 0 amide bonds. The quantitative estimate of drug-likeness (QED) is 0.817. The predicted octanol–water partition coefficient (Wildman–Crippen LogP) is 2.05. The minimum Gasteiger partial charge on any atom is -0.481 e. The average molecular weight is 286 g/mol. The van der Waals surface area contributed by atoms with Crippen molar-refractivity contribution in [3.05, 3.63) is 48.3 Å². The molecule has 2 heterocycles. The summed E-state index contributed by atoms with van der Waals surface area (Å²) >= 11 is 0. The van der Waals surface area contributed by atoms with E-state index in [1.54, 1.807) is 24.5 Å². The Bertz CT molecular complexity index is 629. The minimum absolute atomic E-state index is 0.0841. The highest BCUT2D eigenvalue weighted by Gasteiger charge is 2.08. The highest BCUT2D eigenvalue weighted by molar-refractivity contribution is 5.76. The molecule has 2 aromatic heterocycles. The van der Waals surface area contributed by atoms with Crippen LogP contribution < -0.4 is 0 Å². The number of carboxylic acids is 1. The van der Waals surface area contributed by atoms with Gasteiger partial charge in [-0.2, -0.15) is 0 Å². The number of pyridine rings is 2. The monoisotopic (exact) mass is 286 g/mol. The Morgan fingerprint density at radius 1 is 1.05 bits per heavy atom. The van der Waals surface area contributed by atoms with E-state index >= 15 is 0 Å². The molecule has 0 fully saturated rings. The number of carbonyl (C=O) groups excluding carboxylic acids is 1. The molecule has 0 aromatic carbocycles. The zero-order valence-corrected chi connectivity index (χ0v) is 11.2. The van der Waals surface area contributed by atoms with E-state index in [4.69, 9.17) is 9.84 Å². The third-order valence-corrected chi connectivity index (χ3v) is 2.69. The standard InChI is InChI=1S/C15H14N2O4/c18-14(19)4-5-15(20)21-10-11-6-8-17-13(9-11)12-3-1-2-7-16-12/h1-3,6-9H,4-5,10H2,(H,18,19). The second-order valence-electron chi connectivity index (χ2n) is 4.32. The second-order valence-corrected chi connectivity index (χ2v) is 4.32. The highest BCUT2D eigenvalue weighted by Crippen LogP contribution is 2.15. The number of rotatable bonds is 6. The smallest absolute Gasteiger partial charge is 0.306 e. The molecule has 0 aliphatic rings. The van der Waals surface area contributed by atoms with Crippen molar-refractivity contribution in [3.8, 4) is 11.4 Å². The maximum atomic E-state index is 11.4. The highest BCUT2D eigenvalue weighted by atomic mass is 16.5. The normalized spacial score (nSPS) is 10.1. The van der Waals surface area contributed by atoms with Gasteiger partial charge in [0.25, 0.3) is 0 Å². The number of aliphatic carboxylic acids is 1. The molecule has 6 nitrogen and oxygen atoms in total. The first-order chi connectivity index (χ1) is 10.1. The molecule has 0 aliphatic heterocycles. The molecule has 0 unspecified atom stereocenters. The van der Waals surface area contributed by atoms with Crippen molar-refractivity contribution in [3.63, 3.8) is 0 Å². The molecule has 2 aromatic rings. The van der Waals surface area contributed by atoms with Gasteiger partial charge in [-0.05, 0) is 29.8 Å². The summed E-state index contributed by atoms with van der Waals surface area (Å²) < 4.78 is 5.02. The lowest BCUT2D eigenvalue weighted by molar-refractivity contribution is -0.148. The van der Waals surface area contributed by atoms with E-state index in [9.17, 15) is 9.59 Å². The molecular weight excluding hydrogens is 272 g/mol. The Labute approximate surface area is 121 Å². The molecule has 0 aliphatic carbocycles. The third kappa shape index (κ3) is 4.68. The molecule has 6 heteroatoms. The van der Waals surface area contributed by atoms with Gasteiger partial charge in [-0.25, -0.2) is 0 Å². The lowest BCUT2D eigenvalue weighted by atomic mass is 10.2. The fraction of sp³-hybridized carbons (Fsp3) is 0.200. The average Bonchev–Trinajstić information content (AvgIpc) is 2.52. The fourth-order valence-corrected chi connectivity index (χ4v) is 1.66. The maximum absolute atomic E-state index is 11.4. The first-order valence-electron chi connectivity index (χ1n) is 6.39. The molecule has 0 bridgehead atoms. The number of hydrogen-bond donors (Lipinski definition) is 1. The Morgan fingerprint density at radius 2 is 1.86 bits per heavy atom. The molecule has 2 rings (SSSR count). The summed E-state index contributed by atoms with van der Waals surface area (Å²) in [5.74, 6) is -1.55. The summed E-state index contributed by atoms with van der Waals surface area (Å²) in [6.45, 7) is 0.0841. The van der Waals surface area contributed by atoms with Gasteiger partial charge in [0.2, 0.25) is 0 Å². The van der Waals surface area contributed by atoms with Gasteiger partial charge in [-0.15, -0.1) is 0 Å². The van der Waals surface area contributed by atoms with E-state index in [0.717, 1.165) is 11.3 Å². The van der Waals surface area contributed by atoms with Crippen molar-refractivity contribution in [2.45, 2.75) is 19.4 Å². The summed E-state index contributed by atoms with van der Waals surface area (Å²) in [5.41, 5.74) is 2.19. The zero-order chi connectivity index (χ0) is 15.1. The van der Waals surface area contributed by atoms with E-state index in [2.05, 4.69) is 9.97 Å². The van der Waals surface area contributed by atoms with Crippen LogP contribution in [0, 0.1) is 0 Å². The lowest BCUT2D eigenvalue weighted by Crippen LogP contribution is -2.07. The largest absolute Gasteiger partial charge is 0.481 e. The number of aromatic nitrogens is 2. The molecule has 0 spiro atoms. The van der Waals surface area contributed by atoms with Gasteiger partial charge >= 0.3 is 11.9 Å². The van der Waals surface area contributed by atoms with Crippen LogP contribution in [-0.2, 0) is 20.9 Å². The van der Waals surface area contributed by atoms with Crippen molar-refractivity contribution in [1.82, 2.24) is 9.97 Å². The van der Waals surface area contributed by atoms with Crippen LogP contribution in [0.5, 0.6) is 0 Å². The summed E-state index contributed by atoms with van der Waals surface area (Å²) in [6.07, 6.45) is 2.93. The second kappa shape index (κ2) is 7.14. The van der Waals surface area contributed by atoms with Gasteiger partial charge in [0.15, 0.2) is 0 Å². The number of esters is 1. The first-order valence-corrected chi connectivity index (χ1v) is 6.39. The summed E-state index contributed by atoms with van der Waals surface area (Å²) in [6, 6.07) is 9.04. The molecule has 108 valence electrons. The van der Waals surface area contributed by atoms with Crippen molar-refractivity contribution in [2.24, 2.45) is 0 Å². The van der Waals surface area contributed by atoms with Crippen LogP contribution >= 0.6 is 0 Å². The van der Waals surface area contributed by atoms with Crippen LogP contribution in [0.1, 0.15) is 18.4 Å². The number of carbonyl (C=O) groups is 2. The predicted molar refractivity (Wildman–Crippen MR) is 74.1 cm³/mol. The third-order valence-electron chi connectivity index (χ3n) is 2.69. The first kappa shape index (κ1) is 14.6. The fourth-order valence-electron chi connectivity index (χ4n) is 1.66. The number of nitrogens with zero attached hydrogens (tertiary/aromatic N) is 2. The van der Waals surface area contributed by atoms with Gasteiger partial charge in [0.05, 0.1) is 24.2 Å². The van der Waals surface area contributed by atoms with E-state index in [1.165, 1.54) is 0 Å². The van der Waals surface area contributed by atoms with E-state index in [-0.39, 0.29) is 19.4 Å². The van der Waals surface area contributed by atoms with Gasteiger partial charge < -0.3 is 9.84 Å². The maximum Gasteiger partial charge on any atom is 0.306 e. The van der Waals surface area contributed by atoms with Crippen molar-refractivity contribution >= 4 is 11.9 Å². The van der Waals surface area contributed by atoms with Crippen molar-refractivity contribution < 1.29 is 19.4 Å². The molecule has 0 saturated carbocycles. The Hall–Kier alpha value is -2.76. The van der Waals surface area contributed by atoms with E-state index < -0.39 is 11.9 Å². The van der Waals surface area contributed by atoms with Crippen LogP contribution in [0.25, 0.3) is 11.4 Å². The molecule has 0 atom stereocenters. The Balaban J connectivity index is 1.96. The SMILES string of the molecule is O=C(O)CCC(=O)OCc1ccnc(-c2ccccn2)c1. The topological polar surface area (TPSA) is 89.4 Å². The van der Waals surface area contributed by atoms with Crippen LogP contribution in [0.3, 0.4) is 0 Å². The van der Waals surface area contributed by atoms with Crippen molar-refractivity contribution in [1.29, 1.82) is 0 Å². The van der Waals surface area contributed by atoms with E-state index in [0.29, 0.717) is 5.69 Å². The van der Waals surface area contributed by atoms with Crippen LogP contribution in [0.4, 0.5) is 0 Å². The van der Waals surface area contributed by atoms with Crippen LogP contribution in [-0.4, -0.2) is 27.0 Å².